The van der Waals surface area contributed by atoms with Crippen LogP contribution in [0.25, 0.3) is 0 Å². The van der Waals surface area contributed by atoms with Crippen LogP contribution in [-0.4, -0.2) is 41.6 Å². The van der Waals surface area contributed by atoms with Crippen molar-refractivity contribution in [2.24, 2.45) is 11.3 Å². The van der Waals surface area contributed by atoms with Gasteiger partial charge in [0.25, 0.3) is 0 Å². The Kier molecular flexibility index (Phi) is 5.70. The van der Waals surface area contributed by atoms with Gasteiger partial charge in [-0.25, -0.2) is 4.79 Å². The van der Waals surface area contributed by atoms with Crippen LogP contribution in [0.5, 0.6) is 0 Å². The molecule has 0 aromatic rings. The lowest BCUT2D eigenvalue weighted by Gasteiger charge is -2.43. The normalized spacial score (nSPS) is 23.0. The first-order valence-electron chi connectivity index (χ1n) is 8.66. The summed E-state index contributed by atoms with van der Waals surface area (Å²) in [6.07, 6.45) is 11.4. The third-order valence-corrected chi connectivity index (χ3v) is 5.60. The Morgan fingerprint density at radius 3 is 2.32 bits per heavy atom. The van der Waals surface area contributed by atoms with Crippen molar-refractivity contribution >= 4 is 12.0 Å². The lowest BCUT2D eigenvalue weighted by atomic mass is 9.64. The van der Waals surface area contributed by atoms with Gasteiger partial charge >= 0.3 is 12.0 Å². The number of carbonyl (C=O) groups excluding carboxylic acids is 1. The van der Waals surface area contributed by atoms with Crippen molar-refractivity contribution in [3.8, 4) is 0 Å². The number of urea groups is 1. The highest BCUT2D eigenvalue weighted by Crippen LogP contribution is 2.47. The van der Waals surface area contributed by atoms with Gasteiger partial charge in [-0.05, 0) is 43.9 Å². The second-order valence-corrected chi connectivity index (χ2v) is 7.40. The summed E-state index contributed by atoms with van der Waals surface area (Å²) in [5.41, 5.74) is 0.559. The van der Waals surface area contributed by atoms with E-state index in [2.05, 4.69) is 5.32 Å². The van der Waals surface area contributed by atoms with Gasteiger partial charge in [0, 0.05) is 19.6 Å². The molecule has 1 unspecified atom stereocenters. The first-order chi connectivity index (χ1) is 10.4. The van der Waals surface area contributed by atoms with E-state index in [9.17, 15) is 9.59 Å². The van der Waals surface area contributed by atoms with Crippen molar-refractivity contribution in [2.75, 3.05) is 13.6 Å². The molecule has 2 amide bonds. The number of hydrogen-bond donors (Lipinski definition) is 2. The maximum atomic E-state index is 12.2. The van der Waals surface area contributed by atoms with E-state index in [-0.39, 0.29) is 18.6 Å². The van der Waals surface area contributed by atoms with E-state index in [4.69, 9.17) is 5.11 Å². The lowest BCUT2D eigenvalue weighted by molar-refractivity contribution is -0.141. The second kappa shape index (κ2) is 7.34. The number of carbonyl (C=O) groups is 2. The quantitative estimate of drug-likeness (QED) is 0.837. The smallest absolute Gasteiger partial charge is 0.317 e. The zero-order chi connectivity index (χ0) is 16.2. The van der Waals surface area contributed by atoms with Gasteiger partial charge in [0.1, 0.15) is 0 Å². The molecule has 2 N–H and O–H groups in total. The molecule has 2 rings (SSSR count). The molecular weight excluding hydrogens is 280 g/mol. The molecule has 2 aliphatic rings. The van der Waals surface area contributed by atoms with Crippen LogP contribution in [0.3, 0.4) is 0 Å². The molecule has 0 aliphatic heterocycles. The van der Waals surface area contributed by atoms with E-state index < -0.39 is 11.9 Å². The Bertz CT molecular complexity index is 395. The Morgan fingerprint density at radius 2 is 1.77 bits per heavy atom. The number of amides is 2. The van der Waals surface area contributed by atoms with Gasteiger partial charge in [0.05, 0.1) is 5.92 Å². The molecule has 5 heteroatoms. The summed E-state index contributed by atoms with van der Waals surface area (Å²) in [5, 5.41) is 12.0. The summed E-state index contributed by atoms with van der Waals surface area (Å²) >= 11 is 0. The Hall–Kier alpha value is -1.26. The van der Waals surface area contributed by atoms with Gasteiger partial charge in [0.15, 0.2) is 0 Å². The van der Waals surface area contributed by atoms with Crippen molar-refractivity contribution in [1.29, 1.82) is 0 Å². The van der Waals surface area contributed by atoms with Crippen molar-refractivity contribution in [2.45, 2.75) is 70.8 Å². The van der Waals surface area contributed by atoms with Gasteiger partial charge in [-0.2, -0.15) is 0 Å². The number of carboxylic acids is 1. The van der Waals surface area contributed by atoms with Crippen LogP contribution in [0.15, 0.2) is 0 Å². The second-order valence-electron chi connectivity index (χ2n) is 7.40. The summed E-state index contributed by atoms with van der Waals surface area (Å²) in [7, 11) is 1.67. The summed E-state index contributed by atoms with van der Waals surface area (Å²) in [6, 6.07) is 0.111. The van der Waals surface area contributed by atoms with Gasteiger partial charge in [0.2, 0.25) is 0 Å². The third-order valence-electron chi connectivity index (χ3n) is 5.60. The fourth-order valence-electron chi connectivity index (χ4n) is 4.03. The molecule has 2 fully saturated rings. The minimum absolute atomic E-state index is 0.141. The molecule has 0 radical (unpaired) electrons. The first kappa shape index (κ1) is 17.1. The van der Waals surface area contributed by atoms with Crippen LogP contribution in [-0.2, 0) is 4.79 Å². The maximum Gasteiger partial charge on any atom is 0.317 e. The molecule has 0 aromatic carbocycles. The predicted octanol–water partition coefficient (Wildman–Crippen LogP) is 3.24. The number of aliphatic carboxylic acids is 1. The largest absolute Gasteiger partial charge is 0.481 e. The van der Waals surface area contributed by atoms with Crippen LogP contribution < -0.4 is 5.32 Å². The van der Waals surface area contributed by atoms with Crippen LogP contribution in [0.1, 0.15) is 64.7 Å². The zero-order valence-corrected chi connectivity index (χ0v) is 13.9. The molecule has 1 spiro atoms. The molecule has 0 bridgehead atoms. The van der Waals surface area contributed by atoms with E-state index in [0.717, 1.165) is 12.8 Å². The summed E-state index contributed by atoms with van der Waals surface area (Å²) in [6.45, 7) is 1.87. The highest BCUT2D eigenvalue weighted by Gasteiger charge is 2.36. The van der Waals surface area contributed by atoms with Crippen LogP contribution in [0, 0.1) is 11.3 Å². The molecule has 1 atom stereocenters. The van der Waals surface area contributed by atoms with Gasteiger partial charge in [-0.15, -0.1) is 0 Å². The molecule has 2 aliphatic carbocycles. The van der Waals surface area contributed by atoms with Crippen LogP contribution in [0.4, 0.5) is 4.79 Å². The monoisotopic (exact) mass is 310 g/mol. The molecule has 0 heterocycles. The zero-order valence-electron chi connectivity index (χ0n) is 13.9. The van der Waals surface area contributed by atoms with Gasteiger partial charge < -0.3 is 15.3 Å². The van der Waals surface area contributed by atoms with E-state index in [1.807, 2.05) is 0 Å². The minimum Gasteiger partial charge on any atom is -0.481 e. The highest BCUT2D eigenvalue weighted by molar-refractivity contribution is 5.76. The molecule has 22 heavy (non-hydrogen) atoms. The molecular formula is C17H30N2O3. The fourth-order valence-corrected chi connectivity index (χ4v) is 4.03. The molecule has 0 saturated heterocycles. The van der Waals surface area contributed by atoms with Crippen molar-refractivity contribution < 1.29 is 14.7 Å². The highest BCUT2D eigenvalue weighted by atomic mass is 16.4. The van der Waals surface area contributed by atoms with Crippen molar-refractivity contribution in [3.05, 3.63) is 0 Å². The number of nitrogens with zero attached hydrogens (tertiary/aromatic N) is 1. The van der Waals surface area contributed by atoms with Crippen molar-refractivity contribution in [1.82, 2.24) is 10.2 Å². The average Bonchev–Trinajstić information content (AvgIpc) is 2.50. The SMILES string of the molecule is CC(CN(C)C(=O)NC1CCC2(CCCCC2)CC1)C(=O)O. The number of rotatable bonds is 4. The Morgan fingerprint density at radius 1 is 1.18 bits per heavy atom. The summed E-state index contributed by atoms with van der Waals surface area (Å²) in [4.78, 5) is 24.5. The van der Waals surface area contributed by atoms with Crippen LogP contribution >= 0.6 is 0 Å². The summed E-state index contributed by atoms with van der Waals surface area (Å²) in [5.74, 6) is -1.40. The van der Waals surface area contributed by atoms with Crippen LogP contribution in [0.2, 0.25) is 0 Å². The summed E-state index contributed by atoms with van der Waals surface area (Å²) < 4.78 is 0. The minimum atomic E-state index is -0.864. The van der Waals surface area contributed by atoms with E-state index in [0.29, 0.717) is 5.41 Å². The van der Waals surface area contributed by atoms with E-state index in [1.165, 1.54) is 49.8 Å². The van der Waals surface area contributed by atoms with E-state index in [1.54, 1.807) is 14.0 Å². The molecule has 2 saturated carbocycles. The Balaban J connectivity index is 1.75. The topological polar surface area (TPSA) is 69.6 Å². The number of nitrogens with one attached hydrogen (secondary N) is 1. The fraction of sp³-hybridized carbons (Fsp3) is 0.882. The Labute approximate surface area is 133 Å². The predicted molar refractivity (Wildman–Crippen MR) is 85.7 cm³/mol. The molecule has 126 valence electrons. The number of carboxylic acid groups (broad SMARTS) is 1. The van der Waals surface area contributed by atoms with Gasteiger partial charge in [-0.1, -0.05) is 26.2 Å². The average molecular weight is 310 g/mol. The molecule has 0 aromatic heterocycles. The van der Waals surface area contributed by atoms with Gasteiger partial charge in [-0.3, -0.25) is 4.79 Å². The third kappa shape index (κ3) is 4.37. The first-order valence-corrected chi connectivity index (χ1v) is 8.66. The van der Waals surface area contributed by atoms with E-state index >= 15 is 0 Å². The molecule has 5 nitrogen and oxygen atoms in total. The standard InChI is InChI=1S/C17H30N2O3/c1-13(15(20)21)12-19(2)16(22)18-14-6-10-17(11-7-14)8-4-3-5-9-17/h13-14H,3-12H2,1-2H3,(H,18,22)(H,20,21). The van der Waals surface area contributed by atoms with Crippen molar-refractivity contribution in [3.63, 3.8) is 0 Å². The lowest BCUT2D eigenvalue weighted by Crippen LogP contribution is -2.47. The maximum absolute atomic E-state index is 12.2. The number of hydrogen-bond acceptors (Lipinski definition) is 2.